The number of hydrogen-bond acceptors (Lipinski definition) is 5. The van der Waals surface area contributed by atoms with Crippen LogP contribution in [-0.2, 0) is 16.6 Å². The molecule has 0 aliphatic rings. The molecule has 2 aromatic carbocycles. The average Bonchev–Trinajstić information content (AvgIpc) is 2.72. The minimum absolute atomic E-state index is 0.150. The lowest BCUT2D eigenvalue weighted by Crippen LogP contribution is -2.23. The summed E-state index contributed by atoms with van der Waals surface area (Å²) < 4.78 is 37.0. The molecule has 2 aromatic rings. The number of unbranched alkanes of at least 4 members (excludes halogenated alkanes) is 1. The van der Waals surface area contributed by atoms with Crippen molar-refractivity contribution < 1.29 is 22.7 Å². The fraction of sp³-hybridized carbons (Fsp3) is 0.350. The molecule has 0 aromatic heterocycles. The zero-order chi connectivity index (χ0) is 20.6. The Kier molecular flexibility index (Phi) is 7.83. The molecule has 28 heavy (non-hydrogen) atoms. The zero-order valence-electron chi connectivity index (χ0n) is 16.3. The monoisotopic (exact) mass is 406 g/mol. The molecular weight excluding hydrogens is 380 g/mol. The lowest BCUT2D eigenvalue weighted by atomic mass is 10.1. The molecule has 7 nitrogen and oxygen atoms in total. The van der Waals surface area contributed by atoms with Gasteiger partial charge in [-0.2, -0.15) is 0 Å². The summed E-state index contributed by atoms with van der Waals surface area (Å²) in [5.41, 5.74) is 1.11. The van der Waals surface area contributed by atoms with Gasteiger partial charge >= 0.3 is 0 Å². The SMILES string of the molecule is CCCCOc1ccc(C(=O)NCc2cccc(S(=O)(=O)NC)c2)cc1OC. The van der Waals surface area contributed by atoms with Crippen LogP contribution in [0.25, 0.3) is 0 Å². The quantitative estimate of drug-likeness (QED) is 0.592. The third-order valence-electron chi connectivity index (χ3n) is 4.11. The third-order valence-corrected chi connectivity index (χ3v) is 5.52. The van der Waals surface area contributed by atoms with Gasteiger partial charge in [-0.15, -0.1) is 0 Å². The van der Waals surface area contributed by atoms with Crippen LogP contribution in [0.3, 0.4) is 0 Å². The van der Waals surface area contributed by atoms with E-state index >= 15 is 0 Å². The first-order chi connectivity index (χ1) is 13.4. The van der Waals surface area contributed by atoms with Gasteiger partial charge in [0.15, 0.2) is 11.5 Å². The van der Waals surface area contributed by atoms with E-state index < -0.39 is 10.0 Å². The van der Waals surface area contributed by atoms with E-state index in [1.807, 2.05) is 0 Å². The number of hydrogen-bond donors (Lipinski definition) is 2. The van der Waals surface area contributed by atoms with Crippen molar-refractivity contribution in [3.63, 3.8) is 0 Å². The molecule has 2 N–H and O–H groups in total. The molecule has 8 heteroatoms. The number of sulfonamides is 1. The van der Waals surface area contributed by atoms with E-state index in [-0.39, 0.29) is 17.3 Å². The Labute approximate surface area is 166 Å². The van der Waals surface area contributed by atoms with E-state index in [1.165, 1.54) is 26.3 Å². The summed E-state index contributed by atoms with van der Waals surface area (Å²) in [5.74, 6) is 0.795. The number of amides is 1. The second-order valence-electron chi connectivity index (χ2n) is 6.11. The Morgan fingerprint density at radius 1 is 1.11 bits per heavy atom. The first-order valence-electron chi connectivity index (χ1n) is 9.02. The van der Waals surface area contributed by atoms with Crippen LogP contribution in [0.2, 0.25) is 0 Å². The van der Waals surface area contributed by atoms with E-state index in [1.54, 1.807) is 30.3 Å². The molecule has 0 atom stereocenters. The second kappa shape index (κ2) is 10.1. The van der Waals surface area contributed by atoms with Crippen molar-refractivity contribution in [1.82, 2.24) is 10.0 Å². The van der Waals surface area contributed by atoms with Gasteiger partial charge in [0.1, 0.15) is 0 Å². The number of carbonyl (C=O) groups excluding carboxylic acids is 1. The van der Waals surface area contributed by atoms with Gasteiger partial charge in [-0.05, 0) is 49.4 Å². The Bertz CT molecular complexity index is 913. The van der Waals surface area contributed by atoms with Crippen LogP contribution in [0.1, 0.15) is 35.7 Å². The number of methoxy groups -OCH3 is 1. The summed E-state index contributed by atoms with van der Waals surface area (Å²) in [6, 6.07) is 11.4. The van der Waals surface area contributed by atoms with E-state index in [9.17, 15) is 13.2 Å². The summed E-state index contributed by atoms with van der Waals surface area (Å²) in [7, 11) is -0.649. The standard InChI is InChI=1S/C20H26N2O5S/c1-4-5-11-27-18-10-9-16(13-19(18)26-3)20(23)22-14-15-7-6-8-17(12-15)28(24,25)21-2/h6-10,12-13,21H,4-5,11,14H2,1-3H3,(H,22,23). The third kappa shape index (κ3) is 5.71. The Morgan fingerprint density at radius 2 is 1.89 bits per heavy atom. The molecule has 1 amide bonds. The van der Waals surface area contributed by atoms with Crippen LogP contribution in [-0.4, -0.2) is 35.1 Å². The molecule has 2 rings (SSSR count). The maximum atomic E-state index is 12.5. The molecule has 0 aliphatic carbocycles. The van der Waals surface area contributed by atoms with Crippen LogP contribution in [0.5, 0.6) is 11.5 Å². The average molecular weight is 407 g/mol. The highest BCUT2D eigenvalue weighted by atomic mass is 32.2. The van der Waals surface area contributed by atoms with Crippen molar-refractivity contribution in [2.45, 2.75) is 31.2 Å². The molecule has 0 saturated heterocycles. The van der Waals surface area contributed by atoms with Crippen LogP contribution in [0.15, 0.2) is 47.4 Å². The van der Waals surface area contributed by atoms with Gasteiger partial charge in [0.2, 0.25) is 10.0 Å². The number of ether oxygens (including phenoxy) is 2. The maximum Gasteiger partial charge on any atom is 0.251 e. The molecule has 0 unspecified atom stereocenters. The minimum atomic E-state index is -3.53. The maximum absolute atomic E-state index is 12.5. The van der Waals surface area contributed by atoms with Crippen molar-refractivity contribution in [2.75, 3.05) is 20.8 Å². The number of rotatable bonds is 10. The molecule has 0 heterocycles. The number of nitrogens with one attached hydrogen (secondary N) is 2. The predicted octanol–water partition coefficient (Wildman–Crippen LogP) is 2.71. The minimum Gasteiger partial charge on any atom is -0.493 e. The van der Waals surface area contributed by atoms with E-state index in [0.717, 1.165) is 12.8 Å². The first-order valence-corrected chi connectivity index (χ1v) is 10.5. The van der Waals surface area contributed by atoms with Crippen LogP contribution < -0.4 is 19.5 Å². The van der Waals surface area contributed by atoms with E-state index in [0.29, 0.717) is 29.2 Å². The fourth-order valence-corrected chi connectivity index (χ4v) is 3.28. The molecule has 0 fully saturated rings. The van der Waals surface area contributed by atoms with Gasteiger partial charge in [-0.25, -0.2) is 13.1 Å². The lowest BCUT2D eigenvalue weighted by Gasteiger charge is -2.12. The molecule has 0 radical (unpaired) electrons. The molecule has 0 saturated carbocycles. The number of carbonyl (C=O) groups is 1. The van der Waals surface area contributed by atoms with E-state index in [2.05, 4.69) is 17.0 Å². The fourth-order valence-electron chi connectivity index (χ4n) is 2.48. The van der Waals surface area contributed by atoms with Crippen molar-refractivity contribution in [1.29, 1.82) is 0 Å². The summed E-state index contributed by atoms with van der Waals surface area (Å²) in [4.78, 5) is 12.6. The molecule has 0 aliphatic heterocycles. The van der Waals surface area contributed by atoms with Gasteiger partial charge < -0.3 is 14.8 Å². The highest BCUT2D eigenvalue weighted by molar-refractivity contribution is 7.89. The van der Waals surface area contributed by atoms with Gasteiger partial charge in [-0.3, -0.25) is 4.79 Å². The summed E-state index contributed by atoms with van der Waals surface area (Å²) in [5, 5.41) is 2.78. The highest BCUT2D eigenvalue weighted by Crippen LogP contribution is 2.28. The first kappa shape index (κ1) is 21.7. The van der Waals surface area contributed by atoms with Gasteiger partial charge in [-0.1, -0.05) is 25.5 Å². The van der Waals surface area contributed by atoms with Crippen molar-refractivity contribution >= 4 is 15.9 Å². The van der Waals surface area contributed by atoms with Crippen LogP contribution in [0.4, 0.5) is 0 Å². The van der Waals surface area contributed by atoms with Crippen molar-refractivity contribution in [3.8, 4) is 11.5 Å². The highest BCUT2D eigenvalue weighted by Gasteiger charge is 2.13. The molecule has 0 spiro atoms. The van der Waals surface area contributed by atoms with E-state index in [4.69, 9.17) is 9.47 Å². The van der Waals surface area contributed by atoms with Gasteiger partial charge in [0.05, 0.1) is 18.6 Å². The topological polar surface area (TPSA) is 93.7 Å². The largest absolute Gasteiger partial charge is 0.493 e. The lowest BCUT2D eigenvalue weighted by molar-refractivity contribution is 0.0950. The second-order valence-corrected chi connectivity index (χ2v) is 7.99. The van der Waals surface area contributed by atoms with Gasteiger partial charge in [0.25, 0.3) is 5.91 Å². The molecule has 152 valence electrons. The van der Waals surface area contributed by atoms with Crippen molar-refractivity contribution in [2.24, 2.45) is 0 Å². The number of benzene rings is 2. The Balaban J connectivity index is 2.06. The molecule has 0 bridgehead atoms. The zero-order valence-corrected chi connectivity index (χ0v) is 17.1. The summed E-state index contributed by atoms with van der Waals surface area (Å²) in [6.07, 6.45) is 1.97. The van der Waals surface area contributed by atoms with Crippen molar-refractivity contribution in [3.05, 3.63) is 53.6 Å². The van der Waals surface area contributed by atoms with Crippen LogP contribution >= 0.6 is 0 Å². The Morgan fingerprint density at radius 3 is 2.57 bits per heavy atom. The predicted molar refractivity (Wildman–Crippen MR) is 107 cm³/mol. The normalized spacial score (nSPS) is 11.1. The summed E-state index contributed by atoms with van der Waals surface area (Å²) in [6.45, 7) is 2.87. The summed E-state index contributed by atoms with van der Waals surface area (Å²) >= 11 is 0. The smallest absolute Gasteiger partial charge is 0.251 e. The van der Waals surface area contributed by atoms with Gasteiger partial charge in [0, 0.05) is 12.1 Å². The molecular formula is C20H26N2O5S. The Hall–Kier alpha value is -2.58. The van der Waals surface area contributed by atoms with Crippen LogP contribution in [0, 0.1) is 0 Å².